The maximum absolute atomic E-state index is 2.70. The maximum atomic E-state index is 2.70. The molecule has 21 heavy (non-hydrogen) atoms. The summed E-state index contributed by atoms with van der Waals surface area (Å²) < 4.78 is 0. The van der Waals surface area contributed by atoms with Crippen LogP contribution in [0.4, 0.5) is 0 Å². The first kappa shape index (κ1) is 15.9. The molecule has 0 heteroatoms. The first-order valence-corrected chi connectivity index (χ1v) is 9.62. The highest BCUT2D eigenvalue weighted by Gasteiger charge is 2.80. The number of rotatable bonds is 3. The van der Waals surface area contributed by atoms with Crippen LogP contribution in [0.3, 0.4) is 0 Å². The van der Waals surface area contributed by atoms with Gasteiger partial charge in [0.05, 0.1) is 0 Å². The van der Waals surface area contributed by atoms with Crippen molar-refractivity contribution in [2.75, 3.05) is 0 Å². The Bertz CT molecular complexity index is 435. The highest BCUT2D eigenvalue weighted by Crippen LogP contribution is 2.85. The largest absolute Gasteiger partial charge is 0.0651 e. The Morgan fingerprint density at radius 2 is 1.43 bits per heavy atom. The minimum Gasteiger partial charge on any atom is -0.0651 e. The van der Waals surface area contributed by atoms with Gasteiger partial charge >= 0.3 is 0 Å². The summed E-state index contributed by atoms with van der Waals surface area (Å²) >= 11 is 0. The third-order valence-corrected chi connectivity index (χ3v) is 10.00. The molecular weight excluding hydrogens is 252 g/mol. The molecule has 0 aromatic carbocycles. The van der Waals surface area contributed by atoms with Crippen molar-refractivity contribution < 1.29 is 0 Å². The molecule has 122 valence electrons. The van der Waals surface area contributed by atoms with Crippen molar-refractivity contribution in [3.05, 3.63) is 0 Å². The van der Waals surface area contributed by atoms with Gasteiger partial charge in [-0.15, -0.1) is 0 Å². The lowest BCUT2D eigenvalue weighted by Crippen LogP contribution is -2.60. The van der Waals surface area contributed by atoms with Crippen LogP contribution >= 0.6 is 0 Å². The molecule has 9 atom stereocenters. The van der Waals surface area contributed by atoms with Crippen LogP contribution in [-0.4, -0.2) is 0 Å². The average molecular weight is 291 g/mol. The van der Waals surface area contributed by atoms with Gasteiger partial charge in [-0.2, -0.15) is 0 Å². The summed E-state index contributed by atoms with van der Waals surface area (Å²) in [6, 6.07) is 0. The SMILES string of the molecule is CCC(C)C1(C)C2C(C)C3C(C)C2C(C)(C)C1(C)C3CC. The van der Waals surface area contributed by atoms with E-state index in [0.29, 0.717) is 16.2 Å². The van der Waals surface area contributed by atoms with Crippen LogP contribution in [0.5, 0.6) is 0 Å². The first-order chi connectivity index (χ1) is 9.62. The van der Waals surface area contributed by atoms with Crippen LogP contribution in [-0.2, 0) is 0 Å². The molecule has 9 unspecified atom stereocenters. The molecule has 4 aliphatic carbocycles. The Labute approximate surface area is 133 Å². The van der Waals surface area contributed by atoms with E-state index in [9.17, 15) is 0 Å². The van der Waals surface area contributed by atoms with Crippen molar-refractivity contribution in [2.24, 2.45) is 57.7 Å². The van der Waals surface area contributed by atoms with E-state index in [1.165, 1.54) is 12.8 Å². The standard InChI is InChI=1S/C21H38/c1-10-12(3)20(8)18-14(5)16-13(4)17(18)19(6,7)21(20,9)15(16)11-2/h12-18H,10-11H2,1-9H3. The Kier molecular flexibility index (Phi) is 3.25. The fourth-order valence-electron chi connectivity index (χ4n) is 8.96. The normalized spacial score (nSPS) is 58.7. The predicted molar refractivity (Wildman–Crippen MR) is 92.0 cm³/mol. The van der Waals surface area contributed by atoms with E-state index >= 15 is 0 Å². The van der Waals surface area contributed by atoms with Crippen molar-refractivity contribution in [2.45, 2.75) is 75.2 Å². The van der Waals surface area contributed by atoms with E-state index in [2.05, 4.69) is 62.3 Å². The van der Waals surface area contributed by atoms with Crippen LogP contribution in [0.2, 0.25) is 0 Å². The Hall–Kier alpha value is 0. The smallest absolute Gasteiger partial charge is 0.0181 e. The Morgan fingerprint density at radius 3 is 1.90 bits per heavy atom. The van der Waals surface area contributed by atoms with E-state index in [1.807, 2.05) is 0 Å². The molecule has 0 N–H and O–H groups in total. The lowest BCUT2D eigenvalue weighted by Gasteiger charge is -2.65. The summed E-state index contributed by atoms with van der Waals surface area (Å²) in [4.78, 5) is 0. The van der Waals surface area contributed by atoms with E-state index in [4.69, 9.17) is 0 Å². The number of hydrogen-bond acceptors (Lipinski definition) is 0. The second-order valence-electron chi connectivity index (χ2n) is 9.88. The Morgan fingerprint density at radius 1 is 0.905 bits per heavy atom. The molecule has 0 nitrogen and oxygen atoms in total. The zero-order valence-corrected chi connectivity index (χ0v) is 16.0. The van der Waals surface area contributed by atoms with Gasteiger partial charge in [0.1, 0.15) is 0 Å². The molecule has 4 rings (SSSR count). The summed E-state index contributed by atoms with van der Waals surface area (Å²) in [5, 5.41) is 0. The molecule has 4 fully saturated rings. The van der Waals surface area contributed by atoms with Gasteiger partial charge in [-0.05, 0) is 57.7 Å². The summed E-state index contributed by atoms with van der Waals surface area (Å²) in [5.41, 5.74) is 1.54. The predicted octanol–water partition coefficient (Wildman–Crippen LogP) is 6.26. The quantitative estimate of drug-likeness (QED) is 0.575. The van der Waals surface area contributed by atoms with E-state index in [1.54, 1.807) is 0 Å². The van der Waals surface area contributed by atoms with Crippen LogP contribution in [0.25, 0.3) is 0 Å². The van der Waals surface area contributed by atoms with Crippen LogP contribution in [0, 0.1) is 57.7 Å². The molecule has 4 bridgehead atoms. The second kappa shape index (κ2) is 4.30. The van der Waals surface area contributed by atoms with Gasteiger partial charge in [-0.3, -0.25) is 0 Å². The molecule has 0 aromatic rings. The molecule has 0 aliphatic heterocycles. The molecule has 0 radical (unpaired) electrons. The fraction of sp³-hybridized carbons (Fsp3) is 1.00. The number of hydrogen-bond donors (Lipinski definition) is 0. The van der Waals surface area contributed by atoms with Gasteiger partial charge in [0.15, 0.2) is 0 Å². The highest BCUT2D eigenvalue weighted by molar-refractivity contribution is 5.28. The van der Waals surface area contributed by atoms with E-state index in [0.717, 1.165) is 41.4 Å². The van der Waals surface area contributed by atoms with Crippen LogP contribution < -0.4 is 0 Å². The minimum atomic E-state index is 0.497. The van der Waals surface area contributed by atoms with Gasteiger partial charge < -0.3 is 0 Å². The lowest BCUT2D eigenvalue weighted by atomic mass is 9.39. The molecular formula is C21H38. The molecule has 4 aliphatic rings. The van der Waals surface area contributed by atoms with Gasteiger partial charge in [0.2, 0.25) is 0 Å². The third kappa shape index (κ3) is 1.32. The van der Waals surface area contributed by atoms with Gasteiger partial charge in [0, 0.05) is 0 Å². The first-order valence-electron chi connectivity index (χ1n) is 9.62. The van der Waals surface area contributed by atoms with Crippen LogP contribution in [0.15, 0.2) is 0 Å². The van der Waals surface area contributed by atoms with Crippen molar-refractivity contribution in [1.82, 2.24) is 0 Å². The molecule has 0 spiro atoms. The zero-order valence-electron chi connectivity index (χ0n) is 16.0. The highest BCUT2D eigenvalue weighted by atomic mass is 14.8. The van der Waals surface area contributed by atoms with Crippen LogP contribution in [0.1, 0.15) is 75.2 Å². The van der Waals surface area contributed by atoms with Crippen molar-refractivity contribution in [3.8, 4) is 0 Å². The zero-order chi connectivity index (χ0) is 16.0. The molecule has 4 saturated carbocycles. The topological polar surface area (TPSA) is 0 Å². The fourth-order valence-corrected chi connectivity index (χ4v) is 8.96. The third-order valence-electron chi connectivity index (χ3n) is 10.00. The van der Waals surface area contributed by atoms with Crippen molar-refractivity contribution in [3.63, 3.8) is 0 Å². The summed E-state index contributed by atoms with van der Waals surface area (Å²) in [7, 11) is 0. The summed E-state index contributed by atoms with van der Waals surface area (Å²) in [6.07, 6.45) is 2.72. The van der Waals surface area contributed by atoms with Crippen molar-refractivity contribution in [1.29, 1.82) is 0 Å². The second-order valence-corrected chi connectivity index (χ2v) is 9.88. The molecule has 0 aromatic heterocycles. The van der Waals surface area contributed by atoms with Gasteiger partial charge in [0.25, 0.3) is 0 Å². The summed E-state index contributed by atoms with van der Waals surface area (Å²) in [5.74, 6) is 6.53. The molecule has 0 heterocycles. The lowest BCUT2D eigenvalue weighted by molar-refractivity contribution is -0.174. The van der Waals surface area contributed by atoms with Crippen molar-refractivity contribution >= 4 is 0 Å². The molecule has 0 saturated heterocycles. The van der Waals surface area contributed by atoms with E-state index in [-0.39, 0.29) is 0 Å². The molecule has 0 amide bonds. The van der Waals surface area contributed by atoms with Gasteiger partial charge in [-0.1, -0.05) is 75.2 Å². The Balaban J connectivity index is 2.27. The monoisotopic (exact) mass is 290 g/mol. The minimum absolute atomic E-state index is 0.497. The van der Waals surface area contributed by atoms with E-state index < -0.39 is 0 Å². The maximum Gasteiger partial charge on any atom is -0.0181 e. The van der Waals surface area contributed by atoms with Gasteiger partial charge in [-0.25, -0.2) is 0 Å². The average Bonchev–Trinajstić information content (AvgIpc) is 2.70. The summed E-state index contributed by atoms with van der Waals surface area (Å²) in [6.45, 7) is 23.3.